The largest absolute Gasteiger partial charge is 0.495 e. The van der Waals surface area contributed by atoms with Gasteiger partial charge in [0.1, 0.15) is 10.6 Å². The molecule has 5 nitrogen and oxygen atoms in total. The number of nitrogens with two attached hydrogens (primary N) is 1. The highest BCUT2D eigenvalue weighted by atomic mass is 32.2. The van der Waals surface area contributed by atoms with Crippen LogP contribution in [0.2, 0.25) is 0 Å². The van der Waals surface area contributed by atoms with E-state index in [1.165, 1.54) is 13.2 Å². The number of sulfonamides is 1. The Morgan fingerprint density at radius 3 is 2.76 bits per heavy atom. The Morgan fingerprint density at radius 1 is 1.38 bits per heavy atom. The first kappa shape index (κ1) is 15.8. The summed E-state index contributed by atoms with van der Waals surface area (Å²) in [6, 6.07) is 6.98. The number of nitrogens with one attached hydrogen (secondary N) is 1. The molecule has 0 aliphatic carbocycles. The predicted octanol–water partition coefficient (Wildman–Crippen LogP) is 2.17. The summed E-state index contributed by atoms with van der Waals surface area (Å²) in [7, 11) is -2.21. The normalized spacial score (nSPS) is 11.5. The Bertz CT molecular complexity index is 710. The van der Waals surface area contributed by atoms with Gasteiger partial charge in [-0.1, -0.05) is 6.07 Å². The van der Waals surface area contributed by atoms with Crippen LogP contribution in [0, 0.1) is 6.92 Å². The highest BCUT2D eigenvalue weighted by molar-refractivity contribution is 7.89. The van der Waals surface area contributed by atoms with Crippen LogP contribution < -0.4 is 15.2 Å². The lowest BCUT2D eigenvalue weighted by atomic mass is 10.2. The highest BCUT2D eigenvalue weighted by Crippen LogP contribution is 2.28. The minimum Gasteiger partial charge on any atom is -0.495 e. The van der Waals surface area contributed by atoms with Crippen molar-refractivity contribution in [2.45, 2.75) is 18.2 Å². The molecule has 0 aliphatic rings. The van der Waals surface area contributed by atoms with Crippen LogP contribution >= 0.6 is 11.3 Å². The van der Waals surface area contributed by atoms with Gasteiger partial charge in [0.05, 0.1) is 7.11 Å². The smallest absolute Gasteiger partial charge is 0.244 e. The molecule has 0 atom stereocenters. The summed E-state index contributed by atoms with van der Waals surface area (Å²) < 4.78 is 32.4. The predicted molar refractivity (Wildman–Crippen MR) is 85.4 cm³/mol. The average Bonchev–Trinajstić information content (AvgIpc) is 2.94. The Labute approximate surface area is 128 Å². The molecular formula is C14H18N2O3S2. The zero-order valence-corrected chi connectivity index (χ0v) is 13.6. The topological polar surface area (TPSA) is 81.4 Å². The van der Waals surface area contributed by atoms with Crippen molar-refractivity contribution in [3.8, 4) is 5.75 Å². The Kier molecular flexibility index (Phi) is 4.87. The Hall–Kier alpha value is -1.57. The van der Waals surface area contributed by atoms with E-state index in [0.29, 0.717) is 24.4 Å². The third kappa shape index (κ3) is 3.75. The molecule has 0 bridgehead atoms. The van der Waals surface area contributed by atoms with Gasteiger partial charge in [0.25, 0.3) is 0 Å². The minimum atomic E-state index is -3.65. The van der Waals surface area contributed by atoms with Crippen molar-refractivity contribution in [1.82, 2.24) is 4.72 Å². The second-order valence-corrected chi connectivity index (χ2v) is 7.35. The molecule has 3 N–H and O–H groups in total. The van der Waals surface area contributed by atoms with Crippen molar-refractivity contribution in [1.29, 1.82) is 0 Å². The number of thiophene rings is 1. The zero-order valence-electron chi connectivity index (χ0n) is 11.9. The lowest BCUT2D eigenvalue weighted by Crippen LogP contribution is -2.26. The maximum atomic E-state index is 12.4. The molecule has 0 saturated carbocycles. The number of aryl methyl sites for hydroxylation is 1. The van der Waals surface area contributed by atoms with Gasteiger partial charge in [0, 0.05) is 17.1 Å². The maximum Gasteiger partial charge on any atom is 0.244 e. The molecule has 21 heavy (non-hydrogen) atoms. The first-order valence-corrected chi connectivity index (χ1v) is 8.76. The average molecular weight is 326 g/mol. The van der Waals surface area contributed by atoms with E-state index < -0.39 is 10.0 Å². The summed E-state index contributed by atoms with van der Waals surface area (Å²) in [6.07, 6.45) is 0.653. The van der Waals surface area contributed by atoms with E-state index in [0.717, 1.165) is 10.4 Å². The molecule has 2 rings (SSSR count). The molecule has 0 saturated heterocycles. The number of hydrogen-bond acceptors (Lipinski definition) is 5. The van der Waals surface area contributed by atoms with Gasteiger partial charge >= 0.3 is 0 Å². The number of ether oxygens (including phenoxy) is 1. The minimum absolute atomic E-state index is 0.0688. The van der Waals surface area contributed by atoms with Crippen LogP contribution in [0.4, 0.5) is 5.69 Å². The second kappa shape index (κ2) is 6.46. The molecule has 0 spiro atoms. The molecule has 1 aromatic carbocycles. The van der Waals surface area contributed by atoms with E-state index in [2.05, 4.69) is 4.72 Å². The van der Waals surface area contributed by atoms with E-state index >= 15 is 0 Å². The van der Waals surface area contributed by atoms with Gasteiger partial charge in [0.15, 0.2) is 0 Å². The van der Waals surface area contributed by atoms with E-state index in [9.17, 15) is 8.42 Å². The van der Waals surface area contributed by atoms with Crippen LogP contribution in [-0.2, 0) is 16.4 Å². The van der Waals surface area contributed by atoms with Gasteiger partial charge in [-0.25, -0.2) is 13.1 Å². The fourth-order valence-electron chi connectivity index (χ4n) is 1.89. The SMILES string of the molecule is COc1cc(C)c(N)cc1S(=O)(=O)NCCc1cccs1. The van der Waals surface area contributed by atoms with Crippen molar-refractivity contribution in [3.63, 3.8) is 0 Å². The highest BCUT2D eigenvalue weighted by Gasteiger charge is 2.20. The van der Waals surface area contributed by atoms with Gasteiger partial charge in [-0.2, -0.15) is 0 Å². The molecular weight excluding hydrogens is 308 g/mol. The number of benzene rings is 1. The summed E-state index contributed by atoms with van der Waals surface area (Å²) in [5.41, 5.74) is 7.01. The molecule has 0 radical (unpaired) electrons. The summed E-state index contributed by atoms with van der Waals surface area (Å²) in [6.45, 7) is 2.14. The molecule has 0 amide bonds. The summed E-state index contributed by atoms with van der Waals surface area (Å²) in [5.74, 6) is 0.297. The van der Waals surface area contributed by atoms with Crippen LogP contribution in [-0.4, -0.2) is 22.1 Å². The molecule has 0 aliphatic heterocycles. The summed E-state index contributed by atoms with van der Waals surface area (Å²) in [5, 5.41) is 1.97. The monoisotopic (exact) mass is 326 g/mol. The molecule has 1 heterocycles. The van der Waals surface area contributed by atoms with E-state index in [4.69, 9.17) is 10.5 Å². The van der Waals surface area contributed by atoms with E-state index in [1.54, 1.807) is 24.3 Å². The quantitative estimate of drug-likeness (QED) is 0.797. The van der Waals surface area contributed by atoms with Gasteiger partial charge < -0.3 is 10.5 Å². The van der Waals surface area contributed by atoms with Gasteiger partial charge in [0.2, 0.25) is 10.0 Å². The van der Waals surface area contributed by atoms with Crippen LogP contribution in [0.5, 0.6) is 5.75 Å². The third-order valence-electron chi connectivity index (χ3n) is 3.09. The molecule has 114 valence electrons. The van der Waals surface area contributed by atoms with Crippen molar-refractivity contribution >= 4 is 27.0 Å². The first-order chi connectivity index (χ1) is 9.94. The maximum absolute atomic E-state index is 12.4. The Balaban J connectivity index is 2.17. The van der Waals surface area contributed by atoms with Crippen molar-refractivity contribution in [3.05, 3.63) is 40.1 Å². The van der Waals surface area contributed by atoms with Crippen molar-refractivity contribution < 1.29 is 13.2 Å². The van der Waals surface area contributed by atoms with Gasteiger partial charge in [-0.05, 0) is 42.5 Å². The van der Waals surface area contributed by atoms with Crippen LogP contribution in [0.25, 0.3) is 0 Å². The standard InChI is InChI=1S/C14H18N2O3S2/c1-10-8-13(19-2)14(9-12(10)15)21(17,18)16-6-5-11-4-3-7-20-11/h3-4,7-9,16H,5-6,15H2,1-2H3. The number of hydrogen-bond donors (Lipinski definition) is 2. The fourth-order valence-corrected chi connectivity index (χ4v) is 3.81. The van der Waals surface area contributed by atoms with Crippen molar-refractivity contribution in [2.75, 3.05) is 19.4 Å². The fraction of sp³-hybridized carbons (Fsp3) is 0.286. The molecule has 7 heteroatoms. The lowest BCUT2D eigenvalue weighted by Gasteiger charge is -2.12. The molecule has 0 fully saturated rings. The number of nitrogen functional groups attached to an aromatic ring is 1. The van der Waals surface area contributed by atoms with Crippen LogP contribution in [0.15, 0.2) is 34.5 Å². The Morgan fingerprint density at radius 2 is 2.14 bits per heavy atom. The first-order valence-electron chi connectivity index (χ1n) is 6.40. The summed E-state index contributed by atoms with van der Waals surface area (Å²) >= 11 is 1.60. The van der Waals surface area contributed by atoms with Gasteiger partial charge in [-0.15, -0.1) is 11.3 Å². The zero-order chi connectivity index (χ0) is 15.5. The second-order valence-electron chi connectivity index (χ2n) is 4.59. The van der Waals surface area contributed by atoms with Crippen molar-refractivity contribution in [2.24, 2.45) is 0 Å². The molecule has 2 aromatic rings. The molecule has 1 aromatic heterocycles. The molecule has 0 unspecified atom stereocenters. The van der Waals surface area contributed by atoms with E-state index in [-0.39, 0.29) is 4.90 Å². The van der Waals surface area contributed by atoms with Crippen LogP contribution in [0.1, 0.15) is 10.4 Å². The third-order valence-corrected chi connectivity index (χ3v) is 5.50. The number of anilines is 1. The van der Waals surface area contributed by atoms with Gasteiger partial charge in [-0.3, -0.25) is 0 Å². The number of methoxy groups -OCH3 is 1. The number of rotatable bonds is 6. The summed E-state index contributed by atoms with van der Waals surface area (Å²) in [4.78, 5) is 1.20. The van der Waals surface area contributed by atoms with Crippen LogP contribution in [0.3, 0.4) is 0 Å². The lowest BCUT2D eigenvalue weighted by molar-refractivity contribution is 0.402. The van der Waals surface area contributed by atoms with E-state index in [1.807, 2.05) is 17.5 Å².